The third-order valence-electron chi connectivity index (χ3n) is 8.62. The molecule has 5 aromatic carbocycles. The lowest BCUT2D eigenvalue weighted by atomic mass is 9.89. The Bertz CT molecular complexity index is 2160. The number of hydrogen-bond acceptors (Lipinski definition) is 4. The van der Waals surface area contributed by atoms with E-state index in [1.165, 1.54) is 21.8 Å². The van der Waals surface area contributed by atoms with Gasteiger partial charge in [-0.15, -0.1) is 0 Å². The molecule has 208 valence electrons. The predicted molar refractivity (Wildman–Crippen MR) is 176 cm³/mol. The monoisotopic (exact) mass is 566 g/mol. The maximum Gasteiger partial charge on any atom is 0.164 e. The summed E-state index contributed by atoms with van der Waals surface area (Å²) in [4.78, 5) is 14.8. The van der Waals surface area contributed by atoms with Crippen LogP contribution in [0.5, 0.6) is 5.75 Å². The van der Waals surface area contributed by atoms with Crippen LogP contribution in [0.4, 0.5) is 0 Å². The van der Waals surface area contributed by atoms with Crippen LogP contribution in [0.15, 0.2) is 146 Å². The molecule has 9 rings (SSSR count). The summed E-state index contributed by atoms with van der Waals surface area (Å²) in [5.74, 6) is 2.90. The summed E-state index contributed by atoms with van der Waals surface area (Å²) < 4.78 is 9.09. The molecule has 0 saturated carbocycles. The molecule has 1 aliphatic heterocycles. The fraction of sp³-hybridized carbons (Fsp3) is 0.0513. The van der Waals surface area contributed by atoms with E-state index in [1.54, 1.807) is 0 Å². The van der Waals surface area contributed by atoms with Crippen LogP contribution in [0, 0.1) is 0 Å². The lowest BCUT2D eigenvalue weighted by Gasteiger charge is -2.25. The Balaban J connectivity index is 1.15. The van der Waals surface area contributed by atoms with Crippen LogP contribution in [0.2, 0.25) is 0 Å². The molecule has 0 fully saturated rings. The molecular formula is C39H26N4O. The van der Waals surface area contributed by atoms with E-state index in [0.717, 1.165) is 33.7 Å². The number of allylic oxidation sites excluding steroid dienone is 2. The van der Waals surface area contributed by atoms with Gasteiger partial charge < -0.3 is 9.30 Å². The van der Waals surface area contributed by atoms with E-state index < -0.39 is 0 Å². The molecular weight excluding hydrogens is 540 g/mol. The number of nitrogens with zero attached hydrogens (tertiary/aromatic N) is 4. The lowest BCUT2D eigenvalue weighted by Crippen LogP contribution is -2.24. The first-order valence-corrected chi connectivity index (χ1v) is 14.9. The van der Waals surface area contributed by atoms with E-state index >= 15 is 0 Å². The van der Waals surface area contributed by atoms with Gasteiger partial charge in [0.1, 0.15) is 11.9 Å². The number of para-hydroxylation sites is 2. The van der Waals surface area contributed by atoms with Crippen molar-refractivity contribution in [2.24, 2.45) is 0 Å². The van der Waals surface area contributed by atoms with Crippen LogP contribution in [-0.4, -0.2) is 25.6 Å². The molecule has 0 radical (unpaired) electrons. The van der Waals surface area contributed by atoms with Crippen molar-refractivity contribution >= 4 is 27.5 Å². The third kappa shape index (κ3) is 3.90. The molecule has 0 bridgehead atoms. The van der Waals surface area contributed by atoms with Crippen LogP contribution < -0.4 is 4.74 Å². The smallest absolute Gasteiger partial charge is 0.164 e. The van der Waals surface area contributed by atoms with Gasteiger partial charge in [-0.3, -0.25) is 0 Å². The number of fused-ring (bicyclic) bond motifs is 6. The van der Waals surface area contributed by atoms with Gasteiger partial charge in [0.25, 0.3) is 0 Å². The minimum atomic E-state index is -0.150. The quantitative estimate of drug-likeness (QED) is 0.213. The van der Waals surface area contributed by atoms with E-state index in [-0.39, 0.29) is 12.0 Å². The molecule has 2 unspecified atom stereocenters. The first-order valence-electron chi connectivity index (χ1n) is 14.9. The van der Waals surface area contributed by atoms with Crippen LogP contribution in [-0.2, 0) is 0 Å². The van der Waals surface area contributed by atoms with Crippen molar-refractivity contribution in [1.82, 2.24) is 19.5 Å². The number of aromatic nitrogens is 4. The summed E-state index contributed by atoms with van der Waals surface area (Å²) in [6.07, 6.45) is 6.45. The fourth-order valence-electron chi connectivity index (χ4n) is 6.59. The highest BCUT2D eigenvalue weighted by Crippen LogP contribution is 2.47. The Kier molecular flexibility index (Phi) is 5.56. The van der Waals surface area contributed by atoms with Gasteiger partial charge in [-0.05, 0) is 36.4 Å². The molecule has 0 spiro atoms. The number of benzene rings is 5. The molecule has 1 aliphatic carbocycles. The molecule has 2 atom stereocenters. The molecule has 0 N–H and O–H groups in total. The topological polar surface area (TPSA) is 52.8 Å². The predicted octanol–water partition coefficient (Wildman–Crippen LogP) is 8.94. The zero-order valence-electron chi connectivity index (χ0n) is 23.7. The second-order valence-electron chi connectivity index (χ2n) is 11.2. The molecule has 5 heteroatoms. The second kappa shape index (κ2) is 9.89. The number of hydrogen-bond donors (Lipinski definition) is 0. The molecule has 5 nitrogen and oxygen atoms in total. The largest absolute Gasteiger partial charge is 0.483 e. The maximum atomic E-state index is 6.73. The van der Waals surface area contributed by atoms with Gasteiger partial charge in [0, 0.05) is 38.9 Å². The maximum absolute atomic E-state index is 6.73. The number of rotatable bonds is 4. The van der Waals surface area contributed by atoms with Crippen LogP contribution >= 0.6 is 0 Å². The summed E-state index contributed by atoms with van der Waals surface area (Å²) in [6.45, 7) is 0. The molecule has 7 aromatic rings. The van der Waals surface area contributed by atoms with Gasteiger partial charge in [-0.25, -0.2) is 15.0 Å². The lowest BCUT2D eigenvalue weighted by molar-refractivity contribution is 0.272. The standard InChI is InChI=1S/C39H26N4O/c1-3-12-25(13-4-1)37-40-38(26-14-5-2-6-15-26)42-39(41-37)27-22-23-35-31(24-27)30-18-11-21-34(36(30)44-35)43-32-19-9-7-16-28(32)29-17-8-10-20-33(29)43/h1-24,30,36H. The van der Waals surface area contributed by atoms with Crippen LogP contribution in [0.3, 0.4) is 0 Å². The van der Waals surface area contributed by atoms with Gasteiger partial charge in [-0.2, -0.15) is 0 Å². The van der Waals surface area contributed by atoms with E-state index in [9.17, 15) is 0 Å². The van der Waals surface area contributed by atoms with Crippen molar-refractivity contribution in [1.29, 1.82) is 0 Å². The van der Waals surface area contributed by atoms with Crippen molar-refractivity contribution in [3.8, 4) is 39.9 Å². The molecule has 44 heavy (non-hydrogen) atoms. The highest BCUT2D eigenvalue weighted by atomic mass is 16.5. The van der Waals surface area contributed by atoms with Crippen molar-refractivity contribution in [2.75, 3.05) is 0 Å². The van der Waals surface area contributed by atoms with Crippen molar-refractivity contribution < 1.29 is 4.74 Å². The summed E-state index contributed by atoms with van der Waals surface area (Å²) in [7, 11) is 0. The normalized spacial score (nSPS) is 16.9. The molecule has 2 aromatic heterocycles. The Hall–Kier alpha value is -5.81. The molecule has 2 aliphatic rings. The average Bonchev–Trinajstić information content (AvgIpc) is 3.64. The first-order chi connectivity index (χ1) is 21.8. The second-order valence-corrected chi connectivity index (χ2v) is 11.2. The zero-order chi connectivity index (χ0) is 29.0. The third-order valence-corrected chi connectivity index (χ3v) is 8.62. The SMILES string of the molecule is C1=CC2c3cc(-c4nc(-c5ccccc5)nc(-c5ccccc5)n4)ccc3OC2C(n2c3ccccc3c3ccccc32)=C1. The van der Waals surface area contributed by atoms with E-state index in [2.05, 4.69) is 89.5 Å². The van der Waals surface area contributed by atoms with Gasteiger partial charge >= 0.3 is 0 Å². The van der Waals surface area contributed by atoms with Crippen molar-refractivity contribution in [3.63, 3.8) is 0 Å². The minimum absolute atomic E-state index is 0.0638. The van der Waals surface area contributed by atoms with E-state index in [4.69, 9.17) is 19.7 Å². The Morgan fingerprint density at radius 2 is 1.09 bits per heavy atom. The van der Waals surface area contributed by atoms with Crippen LogP contribution in [0.1, 0.15) is 11.5 Å². The summed E-state index contributed by atoms with van der Waals surface area (Å²) in [5.41, 5.74) is 7.47. The van der Waals surface area contributed by atoms with Gasteiger partial charge in [0.2, 0.25) is 0 Å². The van der Waals surface area contributed by atoms with Gasteiger partial charge in [0.05, 0.1) is 16.7 Å². The van der Waals surface area contributed by atoms with Crippen LogP contribution in [0.25, 0.3) is 61.7 Å². The summed E-state index contributed by atoms with van der Waals surface area (Å²) in [5, 5.41) is 2.48. The van der Waals surface area contributed by atoms with E-state index in [0.29, 0.717) is 17.5 Å². The molecule has 0 amide bonds. The highest BCUT2D eigenvalue weighted by Gasteiger charge is 2.38. The summed E-state index contributed by atoms with van der Waals surface area (Å²) >= 11 is 0. The number of ether oxygens (including phenoxy) is 1. The Morgan fingerprint density at radius 3 is 1.70 bits per heavy atom. The summed E-state index contributed by atoms with van der Waals surface area (Å²) in [6, 6.07) is 43.7. The zero-order valence-corrected chi connectivity index (χ0v) is 23.7. The average molecular weight is 567 g/mol. The first kappa shape index (κ1) is 24.8. The van der Waals surface area contributed by atoms with Crippen molar-refractivity contribution in [3.05, 3.63) is 151 Å². The van der Waals surface area contributed by atoms with E-state index in [1.807, 2.05) is 60.7 Å². The highest BCUT2D eigenvalue weighted by molar-refractivity contribution is 6.10. The van der Waals surface area contributed by atoms with Crippen molar-refractivity contribution in [2.45, 2.75) is 12.0 Å². The van der Waals surface area contributed by atoms with Gasteiger partial charge in [0.15, 0.2) is 17.5 Å². The fourth-order valence-corrected chi connectivity index (χ4v) is 6.59. The van der Waals surface area contributed by atoms with Gasteiger partial charge in [-0.1, -0.05) is 109 Å². The Labute approximate surface area is 254 Å². The molecule has 3 heterocycles. The molecule has 0 saturated heterocycles. The Morgan fingerprint density at radius 1 is 0.545 bits per heavy atom. The minimum Gasteiger partial charge on any atom is -0.483 e.